The molecular formula is C21H33NO5S. The SMILES string of the molecule is C=CCC(CC#CCCC/C=N/S(=O)C(C)(C)C)(COC(C)=O)COC(C)=O. The van der Waals surface area contributed by atoms with E-state index >= 15 is 0 Å². The van der Waals surface area contributed by atoms with Gasteiger partial charge in [0.05, 0.1) is 10.2 Å². The molecule has 158 valence electrons. The summed E-state index contributed by atoms with van der Waals surface area (Å²) in [5.74, 6) is 5.40. The van der Waals surface area contributed by atoms with Crippen molar-refractivity contribution < 1.29 is 23.3 Å². The fraction of sp³-hybridized carbons (Fsp3) is 0.667. The van der Waals surface area contributed by atoms with Crippen LogP contribution < -0.4 is 0 Å². The molecule has 0 heterocycles. The van der Waals surface area contributed by atoms with Crippen LogP contribution in [0.4, 0.5) is 0 Å². The Balaban J connectivity index is 4.69. The van der Waals surface area contributed by atoms with Crippen LogP contribution in [0.2, 0.25) is 0 Å². The molecule has 0 aliphatic rings. The van der Waals surface area contributed by atoms with Crippen LogP contribution in [0.1, 0.15) is 66.7 Å². The van der Waals surface area contributed by atoms with Crippen molar-refractivity contribution in [3.8, 4) is 11.8 Å². The van der Waals surface area contributed by atoms with E-state index in [0.29, 0.717) is 25.7 Å². The van der Waals surface area contributed by atoms with Crippen LogP contribution >= 0.6 is 0 Å². The van der Waals surface area contributed by atoms with E-state index in [1.807, 2.05) is 20.8 Å². The topological polar surface area (TPSA) is 82.0 Å². The third-order valence-electron chi connectivity index (χ3n) is 3.66. The summed E-state index contributed by atoms with van der Waals surface area (Å²) < 4.78 is 25.8. The highest BCUT2D eigenvalue weighted by molar-refractivity contribution is 7.85. The Bertz CT molecular complexity index is 619. The van der Waals surface area contributed by atoms with Crippen molar-refractivity contribution >= 4 is 29.1 Å². The number of nitrogens with zero attached hydrogens (tertiary/aromatic N) is 1. The van der Waals surface area contributed by atoms with E-state index in [-0.39, 0.29) is 18.0 Å². The minimum Gasteiger partial charge on any atom is -0.465 e. The molecule has 0 fully saturated rings. The summed E-state index contributed by atoms with van der Waals surface area (Å²) in [7, 11) is -1.23. The summed E-state index contributed by atoms with van der Waals surface area (Å²) in [5.41, 5.74) is -0.600. The maximum atomic E-state index is 11.8. The van der Waals surface area contributed by atoms with Gasteiger partial charge in [-0.25, -0.2) is 4.21 Å². The minimum absolute atomic E-state index is 0.113. The molecule has 0 aromatic heterocycles. The highest BCUT2D eigenvalue weighted by atomic mass is 32.2. The molecule has 0 aliphatic carbocycles. The molecule has 28 heavy (non-hydrogen) atoms. The zero-order chi connectivity index (χ0) is 21.6. The standard InChI is InChI=1S/C21H33NO5S/c1-7-13-21(16-26-18(2)23,17-27-19(3)24)14-11-9-8-10-12-15-22-28(25)20(4,5)6/h7,15H,1,8,10,12-14,16-17H2,2-6H3/b22-15+. The fourth-order valence-corrected chi connectivity index (χ4v) is 2.61. The number of esters is 2. The van der Waals surface area contributed by atoms with Gasteiger partial charge in [-0.2, -0.15) is 4.40 Å². The second-order valence-electron chi connectivity index (χ2n) is 7.63. The Morgan fingerprint density at radius 2 is 1.68 bits per heavy atom. The molecule has 0 aromatic rings. The molecule has 0 amide bonds. The maximum Gasteiger partial charge on any atom is 0.302 e. The number of hydrogen-bond acceptors (Lipinski definition) is 5. The fourth-order valence-electron chi connectivity index (χ4n) is 2.05. The van der Waals surface area contributed by atoms with Gasteiger partial charge in [-0.15, -0.1) is 18.4 Å². The predicted molar refractivity (Wildman–Crippen MR) is 113 cm³/mol. The van der Waals surface area contributed by atoms with Crippen LogP contribution in [0, 0.1) is 17.3 Å². The molecule has 0 bridgehead atoms. The maximum absolute atomic E-state index is 11.8. The Kier molecular flexibility index (Phi) is 12.4. The first-order valence-electron chi connectivity index (χ1n) is 9.30. The highest BCUT2D eigenvalue weighted by Crippen LogP contribution is 2.28. The molecule has 0 saturated heterocycles. The Hall–Kier alpha value is -1.94. The lowest BCUT2D eigenvalue weighted by Gasteiger charge is -2.29. The molecule has 0 aliphatic heterocycles. The van der Waals surface area contributed by atoms with Crippen molar-refractivity contribution in [2.24, 2.45) is 9.81 Å². The lowest BCUT2D eigenvalue weighted by molar-refractivity contribution is -0.151. The normalized spacial score (nSPS) is 12.8. The first-order chi connectivity index (χ1) is 13.0. The van der Waals surface area contributed by atoms with Gasteiger partial charge in [-0.1, -0.05) is 6.08 Å². The molecule has 6 nitrogen and oxygen atoms in total. The lowest BCUT2D eigenvalue weighted by atomic mass is 9.82. The number of ether oxygens (including phenoxy) is 2. The first-order valence-corrected chi connectivity index (χ1v) is 10.4. The van der Waals surface area contributed by atoms with E-state index in [4.69, 9.17) is 9.47 Å². The third kappa shape index (κ3) is 12.4. The average Bonchev–Trinajstić information content (AvgIpc) is 2.59. The summed E-state index contributed by atoms with van der Waals surface area (Å²) in [6.07, 6.45) is 6.50. The quantitative estimate of drug-likeness (QED) is 0.170. The van der Waals surface area contributed by atoms with Gasteiger partial charge < -0.3 is 9.47 Å². The second-order valence-corrected chi connectivity index (χ2v) is 9.56. The second kappa shape index (κ2) is 13.3. The van der Waals surface area contributed by atoms with E-state index in [1.54, 1.807) is 12.3 Å². The number of allylic oxidation sites excluding steroid dienone is 1. The first kappa shape index (κ1) is 26.1. The van der Waals surface area contributed by atoms with Gasteiger partial charge in [-0.3, -0.25) is 9.59 Å². The van der Waals surface area contributed by atoms with E-state index in [1.165, 1.54) is 13.8 Å². The van der Waals surface area contributed by atoms with E-state index in [0.717, 1.165) is 6.42 Å². The largest absolute Gasteiger partial charge is 0.465 e. The molecule has 0 aromatic carbocycles. The molecule has 0 N–H and O–H groups in total. The zero-order valence-electron chi connectivity index (χ0n) is 17.7. The minimum atomic E-state index is -1.23. The lowest BCUT2D eigenvalue weighted by Crippen LogP contribution is -2.33. The molecule has 1 unspecified atom stereocenters. The molecule has 1 atom stereocenters. The molecule has 0 radical (unpaired) electrons. The van der Waals surface area contributed by atoms with Crippen LogP contribution in [-0.2, 0) is 30.0 Å². The predicted octanol–water partition coefficient (Wildman–Crippen LogP) is 3.77. The number of carbonyl (C=O) groups excluding carboxylic acids is 2. The summed E-state index contributed by atoms with van der Waals surface area (Å²) in [6, 6.07) is 0. The van der Waals surface area contributed by atoms with E-state index < -0.39 is 28.3 Å². The number of rotatable bonds is 11. The molecule has 0 saturated carbocycles. The van der Waals surface area contributed by atoms with Gasteiger partial charge in [-0.05, 0) is 40.0 Å². The molecule has 0 spiro atoms. The van der Waals surface area contributed by atoms with Gasteiger partial charge in [0.15, 0.2) is 0 Å². The average molecular weight is 412 g/mol. The van der Waals surface area contributed by atoms with Crippen LogP contribution in [0.5, 0.6) is 0 Å². The van der Waals surface area contributed by atoms with Gasteiger partial charge in [0.25, 0.3) is 0 Å². The summed E-state index contributed by atoms with van der Waals surface area (Å²) in [6.45, 7) is 12.3. The van der Waals surface area contributed by atoms with Crippen molar-refractivity contribution in [2.75, 3.05) is 13.2 Å². The Morgan fingerprint density at radius 3 is 2.14 bits per heavy atom. The van der Waals surface area contributed by atoms with E-state index in [2.05, 4.69) is 22.8 Å². The summed E-state index contributed by atoms with van der Waals surface area (Å²) >= 11 is 0. The van der Waals surface area contributed by atoms with Crippen LogP contribution in [0.25, 0.3) is 0 Å². The van der Waals surface area contributed by atoms with Crippen LogP contribution in [0.3, 0.4) is 0 Å². The molecular weight excluding hydrogens is 378 g/mol. The number of hydrogen-bond donors (Lipinski definition) is 0. The number of carbonyl (C=O) groups is 2. The van der Waals surface area contributed by atoms with Crippen LogP contribution in [-0.4, -0.2) is 40.3 Å². The Labute approximate surface area is 171 Å². The zero-order valence-corrected chi connectivity index (χ0v) is 18.5. The Morgan fingerprint density at radius 1 is 1.11 bits per heavy atom. The molecule has 0 rings (SSSR count). The summed E-state index contributed by atoms with van der Waals surface area (Å²) in [4.78, 5) is 22.4. The third-order valence-corrected chi connectivity index (χ3v) is 5.05. The highest BCUT2D eigenvalue weighted by Gasteiger charge is 2.31. The van der Waals surface area contributed by atoms with Gasteiger partial charge in [0.1, 0.15) is 24.2 Å². The molecule has 7 heteroatoms. The monoisotopic (exact) mass is 411 g/mol. The van der Waals surface area contributed by atoms with Crippen molar-refractivity contribution in [3.63, 3.8) is 0 Å². The summed E-state index contributed by atoms with van der Waals surface area (Å²) in [5, 5.41) is 0. The van der Waals surface area contributed by atoms with Gasteiger partial charge >= 0.3 is 11.9 Å². The van der Waals surface area contributed by atoms with Crippen molar-refractivity contribution in [1.82, 2.24) is 0 Å². The van der Waals surface area contributed by atoms with Gasteiger partial charge in [0, 0.05) is 32.9 Å². The number of unbranched alkanes of at least 4 members (excludes halogenated alkanes) is 2. The van der Waals surface area contributed by atoms with Crippen molar-refractivity contribution in [1.29, 1.82) is 0 Å². The smallest absolute Gasteiger partial charge is 0.302 e. The van der Waals surface area contributed by atoms with Crippen molar-refractivity contribution in [2.45, 2.75) is 71.5 Å². The van der Waals surface area contributed by atoms with Crippen LogP contribution in [0.15, 0.2) is 17.1 Å². The van der Waals surface area contributed by atoms with Gasteiger partial charge in [0.2, 0.25) is 0 Å². The van der Waals surface area contributed by atoms with E-state index in [9.17, 15) is 13.8 Å². The van der Waals surface area contributed by atoms with Crippen molar-refractivity contribution in [3.05, 3.63) is 12.7 Å².